The summed E-state index contributed by atoms with van der Waals surface area (Å²) in [6.07, 6.45) is 0.291. The van der Waals surface area contributed by atoms with Crippen molar-refractivity contribution in [2.45, 2.75) is 18.7 Å². The first-order valence-electron chi connectivity index (χ1n) is 9.35. The van der Waals surface area contributed by atoms with Gasteiger partial charge < -0.3 is 9.47 Å². The van der Waals surface area contributed by atoms with Gasteiger partial charge in [-0.3, -0.25) is 0 Å². The van der Waals surface area contributed by atoms with Gasteiger partial charge in [0.05, 0.1) is 29.4 Å². The number of ether oxygens (including phenoxy) is 2. The van der Waals surface area contributed by atoms with Gasteiger partial charge in [0, 0.05) is 17.0 Å². The van der Waals surface area contributed by atoms with E-state index in [2.05, 4.69) is 18.2 Å². The number of para-hydroxylation sites is 1. The fraction of sp³-hybridized carbons (Fsp3) is 0.174. The van der Waals surface area contributed by atoms with Crippen LogP contribution in [0.5, 0.6) is 11.5 Å². The molecule has 0 aromatic heterocycles. The van der Waals surface area contributed by atoms with Gasteiger partial charge in [-0.25, -0.2) is 5.01 Å². The van der Waals surface area contributed by atoms with Crippen LogP contribution in [-0.2, 0) is 0 Å². The zero-order valence-electron chi connectivity index (χ0n) is 15.7. The molecule has 3 aromatic carbocycles. The molecule has 0 aliphatic carbocycles. The quantitative estimate of drug-likeness (QED) is 0.498. The van der Waals surface area contributed by atoms with E-state index >= 15 is 0 Å². The van der Waals surface area contributed by atoms with Gasteiger partial charge in [-0.1, -0.05) is 71.7 Å². The maximum absolute atomic E-state index is 6.40. The first kappa shape index (κ1) is 18.3. The molecule has 0 N–H and O–H groups in total. The van der Waals surface area contributed by atoms with E-state index < -0.39 is 6.23 Å². The van der Waals surface area contributed by atoms with Crippen molar-refractivity contribution in [2.24, 2.45) is 5.10 Å². The Labute approximate surface area is 179 Å². The maximum atomic E-state index is 6.40. The highest BCUT2D eigenvalue weighted by Gasteiger charge is 2.42. The Morgan fingerprint density at radius 1 is 1.00 bits per heavy atom. The van der Waals surface area contributed by atoms with E-state index in [-0.39, 0.29) is 6.04 Å². The van der Waals surface area contributed by atoms with E-state index in [0.29, 0.717) is 15.8 Å². The van der Waals surface area contributed by atoms with Crippen LogP contribution in [0.1, 0.15) is 35.4 Å². The number of methoxy groups -OCH3 is 1. The van der Waals surface area contributed by atoms with E-state index in [4.69, 9.17) is 37.8 Å². The van der Waals surface area contributed by atoms with Crippen LogP contribution >= 0.6 is 23.2 Å². The fourth-order valence-corrected chi connectivity index (χ4v) is 4.61. The van der Waals surface area contributed by atoms with Gasteiger partial charge in [0.2, 0.25) is 6.23 Å². The Kier molecular flexibility index (Phi) is 4.61. The molecule has 2 aliphatic rings. The molecule has 146 valence electrons. The summed E-state index contributed by atoms with van der Waals surface area (Å²) in [6, 6.07) is 21.8. The zero-order valence-corrected chi connectivity index (χ0v) is 17.2. The second-order valence-electron chi connectivity index (χ2n) is 7.03. The third kappa shape index (κ3) is 3.13. The Balaban J connectivity index is 1.66. The summed E-state index contributed by atoms with van der Waals surface area (Å²) >= 11 is 12.7. The van der Waals surface area contributed by atoms with Gasteiger partial charge in [-0.15, -0.1) is 0 Å². The van der Waals surface area contributed by atoms with Crippen LogP contribution in [0.4, 0.5) is 0 Å². The molecule has 0 radical (unpaired) electrons. The minimum atomic E-state index is -0.498. The highest BCUT2D eigenvalue weighted by molar-refractivity contribution is 6.35. The van der Waals surface area contributed by atoms with Crippen molar-refractivity contribution in [3.63, 3.8) is 0 Å². The fourth-order valence-electron chi connectivity index (χ4n) is 4.02. The number of halogens is 2. The molecule has 29 heavy (non-hydrogen) atoms. The molecular weight excluding hydrogens is 407 g/mol. The van der Waals surface area contributed by atoms with Gasteiger partial charge in [-0.2, -0.15) is 5.10 Å². The van der Waals surface area contributed by atoms with Crippen molar-refractivity contribution in [3.05, 3.63) is 93.5 Å². The highest BCUT2D eigenvalue weighted by atomic mass is 35.5. The van der Waals surface area contributed by atoms with Crippen LogP contribution in [0.15, 0.2) is 71.8 Å². The number of benzene rings is 3. The molecule has 2 aliphatic heterocycles. The summed E-state index contributed by atoms with van der Waals surface area (Å²) in [7, 11) is 1.59. The first-order chi connectivity index (χ1) is 14.2. The van der Waals surface area contributed by atoms with Gasteiger partial charge in [0.15, 0.2) is 0 Å². The van der Waals surface area contributed by atoms with E-state index in [0.717, 1.165) is 34.6 Å². The first-order valence-corrected chi connectivity index (χ1v) is 10.1. The summed E-state index contributed by atoms with van der Waals surface area (Å²) in [5.74, 6) is 1.38. The summed E-state index contributed by atoms with van der Waals surface area (Å²) in [6.45, 7) is 0. The van der Waals surface area contributed by atoms with E-state index in [1.165, 1.54) is 0 Å². The van der Waals surface area contributed by atoms with Crippen molar-refractivity contribution < 1.29 is 9.47 Å². The molecule has 5 rings (SSSR count). The topological polar surface area (TPSA) is 34.1 Å². The van der Waals surface area contributed by atoms with Crippen LogP contribution in [0, 0.1) is 0 Å². The van der Waals surface area contributed by atoms with Crippen molar-refractivity contribution in [1.29, 1.82) is 0 Å². The molecule has 0 fully saturated rings. The van der Waals surface area contributed by atoms with Gasteiger partial charge >= 0.3 is 0 Å². The number of fused-ring (bicyclic) bond motifs is 3. The minimum Gasteiger partial charge on any atom is -0.495 e. The van der Waals surface area contributed by atoms with Crippen molar-refractivity contribution in [2.75, 3.05) is 7.11 Å². The van der Waals surface area contributed by atoms with Crippen molar-refractivity contribution in [3.8, 4) is 11.5 Å². The monoisotopic (exact) mass is 424 g/mol. The molecule has 0 bridgehead atoms. The van der Waals surface area contributed by atoms with Crippen LogP contribution in [-0.4, -0.2) is 17.8 Å². The average molecular weight is 425 g/mol. The summed E-state index contributed by atoms with van der Waals surface area (Å²) in [5.41, 5.74) is 4.00. The summed E-state index contributed by atoms with van der Waals surface area (Å²) < 4.78 is 12.0. The summed E-state index contributed by atoms with van der Waals surface area (Å²) in [5, 5.41) is 7.92. The van der Waals surface area contributed by atoms with E-state index in [1.54, 1.807) is 13.2 Å². The van der Waals surface area contributed by atoms with Gasteiger partial charge in [0.1, 0.15) is 11.5 Å². The summed E-state index contributed by atoms with van der Waals surface area (Å²) in [4.78, 5) is 0. The smallest absolute Gasteiger partial charge is 0.217 e. The Morgan fingerprint density at radius 2 is 1.76 bits per heavy atom. The largest absolute Gasteiger partial charge is 0.495 e. The Bertz CT molecular complexity index is 1100. The van der Waals surface area contributed by atoms with E-state index in [9.17, 15) is 0 Å². The Morgan fingerprint density at radius 3 is 2.55 bits per heavy atom. The van der Waals surface area contributed by atoms with Crippen molar-refractivity contribution in [1.82, 2.24) is 5.01 Å². The lowest BCUT2D eigenvalue weighted by atomic mass is 9.96. The second kappa shape index (κ2) is 7.29. The zero-order chi connectivity index (χ0) is 20.0. The molecule has 3 aromatic rings. The molecule has 0 saturated heterocycles. The molecule has 2 heterocycles. The third-order valence-corrected chi connectivity index (χ3v) is 5.81. The SMILES string of the molecule is COc1c(Cl)cc(Cl)cc1[C@H]1Oc2ccccc2[C@@H]2CC(c3ccccc3)=NN12. The standard InChI is InChI=1S/C23H18Cl2N2O2/c1-28-22-17(11-15(24)12-18(22)25)23-27-20(16-9-5-6-10-21(16)29-23)13-19(26-27)14-7-3-2-4-8-14/h2-12,20,23H,13H2,1H3/t20-,23+/m0/s1. The lowest BCUT2D eigenvalue weighted by Gasteiger charge is -2.38. The maximum Gasteiger partial charge on any atom is 0.217 e. The predicted octanol–water partition coefficient (Wildman–Crippen LogP) is 6.24. The number of hydrazone groups is 1. The highest BCUT2D eigenvalue weighted by Crippen LogP contribution is 2.50. The normalized spacial score (nSPS) is 19.8. The van der Waals surface area contributed by atoms with E-state index in [1.807, 2.05) is 47.5 Å². The predicted molar refractivity (Wildman–Crippen MR) is 115 cm³/mol. The number of hydrogen-bond donors (Lipinski definition) is 0. The Hall–Kier alpha value is -2.69. The van der Waals surface area contributed by atoms with Crippen LogP contribution in [0.3, 0.4) is 0 Å². The molecule has 0 unspecified atom stereocenters. The number of rotatable bonds is 3. The van der Waals surface area contributed by atoms with Gasteiger partial charge in [-0.05, 0) is 23.8 Å². The third-order valence-electron chi connectivity index (χ3n) is 5.31. The molecule has 0 amide bonds. The van der Waals surface area contributed by atoms with Crippen LogP contribution < -0.4 is 9.47 Å². The van der Waals surface area contributed by atoms with Crippen molar-refractivity contribution >= 4 is 28.9 Å². The molecule has 6 heteroatoms. The lowest BCUT2D eigenvalue weighted by Crippen LogP contribution is -2.34. The van der Waals surface area contributed by atoms with Crippen LogP contribution in [0.25, 0.3) is 0 Å². The molecular formula is C23H18Cl2N2O2. The molecule has 0 saturated carbocycles. The molecule has 0 spiro atoms. The lowest BCUT2D eigenvalue weighted by molar-refractivity contribution is -0.0203. The minimum absolute atomic E-state index is 0.0580. The second-order valence-corrected chi connectivity index (χ2v) is 7.87. The van der Waals surface area contributed by atoms with Crippen LogP contribution in [0.2, 0.25) is 10.0 Å². The molecule has 4 nitrogen and oxygen atoms in total. The number of hydrogen-bond acceptors (Lipinski definition) is 4. The molecule has 2 atom stereocenters. The number of nitrogens with zero attached hydrogens (tertiary/aromatic N) is 2. The average Bonchev–Trinajstić information content (AvgIpc) is 3.19. The van der Waals surface area contributed by atoms with Gasteiger partial charge in [0.25, 0.3) is 0 Å².